The molecule has 0 unspecified atom stereocenters. The van der Waals surface area contributed by atoms with E-state index in [-0.39, 0.29) is 22.1 Å². The highest BCUT2D eigenvalue weighted by atomic mass is 35.5. The summed E-state index contributed by atoms with van der Waals surface area (Å²) in [6, 6.07) is 7.23. The van der Waals surface area contributed by atoms with E-state index in [0.717, 1.165) is 30.5 Å². The van der Waals surface area contributed by atoms with E-state index in [0.29, 0.717) is 10.1 Å². The predicted octanol–water partition coefficient (Wildman–Crippen LogP) is 2.79. The minimum atomic E-state index is -0.976. The van der Waals surface area contributed by atoms with E-state index in [4.69, 9.17) is 11.6 Å². The Labute approximate surface area is 166 Å². The summed E-state index contributed by atoms with van der Waals surface area (Å²) in [7, 11) is 0. The van der Waals surface area contributed by atoms with E-state index in [1.54, 1.807) is 0 Å². The minimum Gasteiger partial charge on any atom is -0.322 e. The lowest BCUT2D eigenvalue weighted by Crippen LogP contribution is -2.38. The van der Waals surface area contributed by atoms with Gasteiger partial charge in [-0.25, -0.2) is 13.8 Å². The van der Waals surface area contributed by atoms with Gasteiger partial charge in [-0.2, -0.15) is 0 Å². The molecule has 0 aliphatic carbocycles. The van der Waals surface area contributed by atoms with Crippen molar-refractivity contribution in [3.63, 3.8) is 0 Å². The van der Waals surface area contributed by atoms with Crippen molar-refractivity contribution in [1.82, 2.24) is 9.55 Å². The Bertz CT molecular complexity index is 1270. The molecular formula is C18H12ClFN4O5. The standard InChI is InChI=1S/C18H12ClFN4O5/c1-9-2-3-10(6-15(9)24(28)29)22-16(25)12-8-21-18(27)23(17(12)26)11-4-5-14(20)13(19)7-11/h2-8H,1H3,(H,21,27)(H,22,25). The number of hydrogen-bond donors (Lipinski definition) is 2. The second kappa shape index (κ2) is 7.68. The lowest BCUT2D eigenvalue weighted by Gasteiger charge is -2.09. The van der Waals surface area contributed by atoms with Gasteiger partial charge in [0.1, 0.15) is 11.4 Å². The van der Waals surface area contributed by atoms with E-state index in [9.17, 15) is 28.9 Å². The molecule has 9 nitrogen and oxygen atoms in total. The number of nitro benzene ring substituents is 1. The van der Waals surface area contributed by atoms with E-state index in [2.05, 4.69) is 10.3 Å². The monoisotopic (exact) mass is 418 g/mol. The second-order valence-electron chi connectivity index (χ2n) is 5.96. The molecule has 3 aromatic rings. The number of amides is 1. The number of carbonyl (C=O) groups is 1. The molecule has 1 aromatic heterocycles. The smallest absolute Gasteiger partial charge is 0.322 e. The summed E-state index contributed by atoms with van der Waals surface area (Å²) >= 11 is 5.69. The molecule has 2 N–H and O–H groups in total. The minimum absolute atomic E-state index is 0.0386. The lowest BCUT2D eigenvalue weighted by molar-refractivity contribution is -0.385. The molecule has 11 heteroatoms. The maximum Gasteiger partial charge on any atom is 0.333 e. The van der Waals surface area contributed by atoms with Crippen LogP contribution in [-0.4, -0.2) is 20.4 Å². The first-order chi connectivity index (χ1) is 13.7. The van der Waals surface area contributed by atoms with Crippen molar-refractivity contribution >= 4 is 28.9 Å². The van der Waals surface area contributed by atoms with E-state index < -0.39 is 33.5 Å². The van der Waals surface area contributed by atoms with Crippen LogP contribution in [-0.2, 0) is 0 Å². The first-order valence-electron chi connectivity index (χ1n) is 8.05. The summed E-state index contributed by atoms with van der Waals surface area (Å²) < 4.78 is 14.0. The highest BCUT2D eigenvalue weighted by molar-refractivity contribution is 6.30. The van der Waals surface area contributed by atoms with Crippen LogP contribution in [0.3, 0.4) is 0 Å². The SMILES string of the molecule is Cc1ccc(NC(=O)c2c[nH]c(=O)n(-c3ccc(F)c(Cl)c3)c2=O)cc1[N+](=O)[O-]. The molecule has 0 saturated carbocycles. The summed E-state index contributed by atoms with van der Waals surface area (Å²) in [5.41, 5.74) is -2.03. The Morgan fingerprint density at radius 3 is 2.62 bits per heavy atom. The van der Waals surface area contributed by atoms with E-state index in [1.165, 1.54) is 19.1 Å². The maximum absolute atomic E-state index is 13.4. The summed E-state index contributed by atoms with van der Waals surface area (Å²) in [5.74, 6) is -1.64. The number of nitro groups is 1. The van der Waals surface area contributed by atoms with Crippen molar-refractivity contribution in [2.45, 2.75) is 6.92 Å². The molecule has 0 saturated heterocycles. The van der Waals surface area contributed by atoms with Gasteiger partial charge < -0.3 is 10.3 Å². The van der Waals surface area contributed by atoms with Crippen molar-refractivity contribution in [2.24, 2.45) is 0 Å². The Morgan fingerprint density at radius 2 is 1.97 bits per heavy atom. The van der Waals surface area contributed by atoms with Crippen molar-refractivity contribution in [3.05, 3.63) is 95.5 Å². The Kier molecular flexibility index (Phi) is 5.29. The van der Waals surface area contributed by atoms with Crippen LogP contribution in [0.5, 0.6) is 0 Å². The van der Waals surface area contributed by atoms with Gasteiger partial charge in [0, 0.05) is 23.5 Å². The van der Waals surface area contributed by atoms with Crippen LogP contribution in [0.1, 0.15) is 15.9 Å². The quantitative estimate of drug-likeness (QED) is 0.497. The molecule has 2 aromatic carbocycles. The molecule has 0 aliphatic rings. The number of benzene rings is 2. The normalized spacial score (nSPS) is 10.6. The zero-order valence-electron chi connectivity index (χ0n) is 14.7. The van der Waals surface area contributed by atoms with Crippen LogP contribution < -0.4 is 16.6 Å². The predicted molar refractivity (Wildman–Crippen MR) is 103 cm³/mol. The number of carbonyl (C=O) groups excluding carboxylic acids is 1. The molecule has 0 bridgehead atoms. The fourth-order valence-corrected chi connectivity index (χ4v) is 2.75. The number of nitrogens with one attached hydrogen (secondary N) is 2. The average molecular weight is 419 g/mol. The van der Waals surface area contributed by atoms with Crippen LogP contribution in [0, 0.1) is 22.9 Å². The molecule has 3 rings (SSSR count). The van der Waals surface area contributed by atoms with Crippen LogP contribution >= 0.6 is 11.6 Å². The topological polar surface area (TPSA) is 127 Å². The Morgan fingerprint density at radius 1 is 1.24 bits per heavy atom. The lowest BCUT2D eigenvalue weighted by atomic mass is 10.2. The number of anilines is 1. The van der Waals surface area contributed by atoms with Gasteiger partial charge >= 0.3 is 5.69 Å². The molecule has 0 fully saturated rings. The third kappa shape index (κ3) is 3.92. The van der Waals surface area contributed by atoms with Crippen molar-refractivity contribution in [3.8, 4) is 5.69 Å². The van der Waals surface area contributed by atoms with Gasteiger partial charge in [-0.15, -0.1) is 0 Å². The van der Waals surface area contributed by atoms with Crippen LogP contribution in [0.15, 0.2) is 52.2 Å². The Balaban J connectivity index is 2.02. The molecule has 1 heterocycles. The summed E-state index contributed by atoms with van der Waals surface area (Å²) in [6.07, 6.45) is 0.921. The van der Waals surface area contributed by atoms with Gasteiger partial charge in [0.2, 0.25) is 0 Å². The van der Waals surface area contributed by atoms with Crippen LogP contribution in [0.4, 0.5) is 15.8 Å². The third-order valence-corrected chi connectivity index (χ3v) is 4.34. The largest absolute Gasteiger partial charge is 0.333 e. The van der Waals surface area contributed by atoms with Gasteiger partial charge in [-0.05, 0) is 31.2 Å². The Hall–Kier alpha value is -3.79. The van der Waals surface area contributed by atoms with Gasteiger partial charge in [0.15, 0.2) is 0 Å². The molecule has 0 atom stereocenters. The highest BCUT2D eigenvalue weighted by Crippen LogP contribution is 2.22. The van der Waals surface area contributed by atoms with E-state index >= 15 is 0 Å². The number of aromatic amines is 1. The zero-order chi connectivity index (χ0) is 21.3. The average Bonchev–Trinajstić information content (AvgIpc) is 2.66. The van der Waals surface area contributed by atoms with Gasteiger partial charge in [0.05, 0.1) is 15.6 Å². The molecule has 29 heavy (non-hydrogen) atoms. The fraction of sp³-hybridized carbons (Fsp3) is 0.0556. The molecule has 0 radical (unpaired) electrons. The summed E-state index contributed by atoms with van der Waals surface area (Å²) in [5, 5.41) is 13.1. The summed E-state index contributed by atoms with van der Waals surface area (Å²) in [4.78, 5) is 50.0. The number of H-pyrrole nitrogens is 1. The molecule has 148 valence electrons. The zero-order valence-corrected chi connectivity index (χ0v) is 15.5. The fourth-order valence-electron chi connectivity index (χ4n) is 2.58. The number of hydrogen-bond acceptors (Lipinski definition) is 5. The van der Waals surface area contributed by atoms with Gasteiger partial charge in [-0.1, -0.05) is 17.7 Å². The van der Waals surface area contributed by atoms with Crippen molar-refractivity contribution in [1.29, 1.82) is 0 Å². The number of halogens is 2. The number of aromatic nitrogens is 2. The van der Waals surface area contributed by atoms with Gasteiger partial charge in [-0.3, -0.25) is 19.7 Å². The molecule has 0 spiro atoms. The molecular weight excluding hydrogens is 407 g/mol. The van der Waals surface area contributed by atoms with Crippen molar-refractivity contribution < 1.29 is 14.1 Å². The molecule has 0 aliphatic heterocycles. The molecule has 1 amide bonds. The first kappa shape index (κ1) is 20.0. The van der Waals surface area contributed by atoms with E-state index in [1.807, 2.05) is 0 Å². The van der Waals surface area contributed by atoms with Gasteiger partial charge in [0.25, 0.3) is 17.2 Å². The van der Waals surface area contributed by atoms with Crippen LogP contribution in [0.2, 0.25) is 5.02 Å². The third-order valence-electron chi connectivity index (χ3n) is 4.05. The number of nitrogens with zero attached hydrogens (tertiary/aromatic N) is 2. The summed E-state index contributed by atoms with van der Waals surface area (Å²) in [6.45, 7) is 1.54. The highest BCUT2D eigenvalue weighted by Gasteiger charge is 2.18. The second-order valence-corrected chi connectivity index (χ2v) is 6.37. The van der Waals surface area contributed by atoms with Crippen LogP contribution in [0.25, 0.3) is 5.69 Å². The first-order valence-corrected chi connectivity index (χ1v) is 8.43. The number of aryl methyl sites for hydroxylation is 1. The maximum atomic E-state index is 13.4. The van der Waals surface area contributed by atoms with Crippen molar-refractivity contribution in [2.75, 3.05) is 5.32 Å². The number of rotatable bonds is 4.